The molecule has 0 radical (unpaired) electrons. The number of ketones is 1. The predicted molar refractivity (Wildman–Crippen MR) is 104 cm³/mol. The van der Waals surface area contributed by atoms with Crippen molar-refractivity contribution in [2.24, 2.45) is 0 Å². The minimum absolute atomic E-state index is 0.199. The van der Waals surface area contributed by atoms with Gasteiger partial charge in [-0.2, -0.15) is 0 Å². The molecule has 0 aliphatic rings. The molecule has 1 heterocycles. The van der Waals surface area contributed by atoms with Crippen molar-refractivity contribution in [3.05, 3.63) is 102 Å². The molecule has 6 heteroatoms. The Kier molecular flexibility index (Phi) is 4.60. The average molecular weight is 371 g/mol. The second-order valence-electron chi connectivity index (χ2n) is 6.13. The number of halogens is 1. The molecule has 3 aromatic carbocycles. The number of aromatic nitrogens is 2. The van der Waals surface area contributed by atoms with E-state index in [0.717, 1.165) is 6.07 Å². The number of rotatable bonds is 4. The highest BCUT2D eigenvalue weighted by Crippen LogP contribution is 2.18. The van der Waals surface area contributed by atoms with Crippen molar-refractivity contribution in [2.75, 3.05) is 5.32 Å². The van der Waals surface area contributed by atoms with Gasteiger partial charge in [-0.05, 0) is 48.5 Å². The van der Waals surface area contributed by atoms with Gasteiger partial charge in [-0.1, -0.05) is 18.2 Å². The summed E-state index contributed by atoms with van der Waals surface area (Å²) in [5.41, 5.74) is 2.87. The summed E-state index contributed by atoms with van der Waals surface area (Å²) in [6, 6.07) is 17.1. The fourth-order valence-corrected chi connectivity index (χ4v) is 2.84. The van der Waals surface area contributed by atoms with E-state index in [2.05, 4.69) is 15.3 Å². The van der Waals surface area contributed by atoms with Crippen LogP contribution in [0.15, 0.2) is 79.1 Å². The number of anilines is 1. The number of benzene rings is 3. The van der Waals surface area contributed by atoms with Crippen LogP contribution in [0.4, 0.5) is 10.1 Å². The van der Waals surface area contributed by atoms with Crippen LogP contribution in [0.2, 0.25) is 0 Å². The maximum atomic E-state index is 13.3. The Balaban J connectivity index is 1.58. The lowest BCUT2D eigenvalue weighted by atomic mass is 10.0. The second kappa shape index (κ2) is 7.36. The lowest BCUT2D eigenvalue weighted by Crippen LogP contribution is -2.12. The number of carbonyl (C=O) groups excluding carboxylic acids is 2. The van der Waals surface area contributed by atoms with E-state index < -0.39 is 11.7 Å². The normalized spacial score (nSPS) is 10.6. The molecule has 0 spiro atoms. The molecule has 1 N–H and O–H groups in total. The first kappa shape index (κ1) is 17.5. The molecular formula is C22H14FN3O2. The molecule has 0 aliphatic carbocycles. The molecule has 4 aromatic rings. The Bertz CT molecular complexity index is 1210. The Morgan fingerprint density at radius 2 is 1.46 bits per heavy atom. The number of hydrogen-bond donors (Lipinski definition) is 1. The molecule has 0 saturated heterocycles. The number of nitrogens with one attached hydrogen (secondary N) is 1. The van der Waals surface area contributed by atoms with Crippen molar-refractivity contribution in [3.63, 3.8) is 0 Å². The number of nitrogens with zero attached hydrogens (tertiary/aromatic N) is 2. The van der Waals surface area contributed by atoms with E-state index in [1.807, 2.05) is 0 Å². The summed E-state index contributed by atoms with van der Waals surface area (Å²) >= 11 is 0. The largest absolute Gasteiger partial charge is 0.322 e. The van der Waals surface area contributed by atoms with Crippen LogP contribution in [-0.2, 0) is 0 Å². The van der Waals surface area contributed by atoms with E-state index in [1.54, 1.807) is 54.9 Å². The van der Waals surface area contributed by atoms with E-state index in [-0.39, 0.29) is 11.3 Å². The first-order valence-corrected chi connectivity index (χ1v) is 8.52. The minimum atomic E-state index is -0.490. The molecule has 0 fully saturated rings. The predicted octanol–water partition coefficient (Wildman–Crippen LogP) is 4.25. The monoisotopic (exact) mass is 371 g/mol. The Morgan fingerprint density at radius 1 is 0.750 bits per heavy atom. The van der Waals surface area contributed by atoms with Crippen LogP contribution in [0, 0.1) is 5.82 Å². The number of hydrogen-bond acceptors (Lipinski definition) is 4. The highest BCUT2D eigenvalue weighted by Gasteiger charge is 2.12. The Labute approximate surface area is 159 Å². The minimum Gasteiger partial charge on any atom is -0.322 e. The van der Waals surface area contributed by atoms with Crippen LogP contribution in [0.5, 0.6) is 0 Å². The fourth-order valence-electron chi connectivity index (χ4n) is 2.84. The van der Waals surface area contributed by atoms with Gasteiger partial charge in [0, 0.05) is 34.8 Å². The fraction of sp³-hybridized carbons (Fsp3) is 0. The van der Waals surface area contributed by atoms with Gasteiger partial charge in [-0.25, -0.2) is 4.39 Å². The Hall–Kier alpha value is -3.93. The molecular weight excluding hydrogens is 357 g/mol. The van der Waals surface area contributed by atoms with Gasteiger partial charge in [-0.3, -0.25) is 19.6 Å². The molecule has 0 aliphatic heterocycles. The zero-order valence-electron chi connectivity index (χ0n) is 14.6. The molecule has 4 rings (SSSR count). The Morgan fingerprint density at radius 3 is 2.29 bits per heavy atom. The lowest BCUT2D eigenvalue weighted by molar-refractivity contribution is 0.102. The third-order valence-electron chi connectivity index (χ3n) is 4.20. The zero-order chi connectivity index (χ0) is 19.5. The van der Waals surface area contributed by atoms with E-state index in [4.69, 9.17) is 0 Å². The summed E-state index contributed by atoms with van der Waals surface area (Å²) in [4.78, 5) is 33.5. The van der Waals surface area contributed by atoms with E-state index in [0.29, 0.717) is 27.8 Å². The van der Waals surface area contributed by atoms with Crippen molar-refractivity contribution in [3.8, 4) is 0 Å². The third-order valence-corrected chi connectivity index (χ3v) is 4.20. The van der Waals surface area contributed by atoms with Crippen molar-refractivity contribution in [1.29, 1.82) is 0 Å². The van der Waals surface area contributed by atoms with Gasteiger partial charge in [0.2, 0.25) is 0 Å². The number of fused-ring (bicyclic) bond motifs is 1. The maximum Gasteiger partial charge on any atom is 0.255 e. The van der Waals surface area contributed by atoms with E-state index in [1.165, 1.54) is 18.2 Å². The van der Waals surface area contributed by atoms with Crippen LogP contribution in [0.25, 0.3) is 11.0 Å². The summed E-state index contributed by atoms with van der Waals surface area (Å²) in [7, 11) is 0. The van der Waals surface area contributed by atoms with Gasteiger partial charge in [0.05, 0.1) is 11.0 Å². The van der Waals surface area contributed by atoms with Crippen LogP contribution in [0.1, 0.15) is 26.3 Å². The first-order chi connectivity index (χ1) is 13.6. The topological polar surface area (TPSA) is 72.0 Å². The first-order valence-electron chi connectivity index (χ1n) is 8.52. The van der Waals surface area contributed by atoms with Crippen molar-refractivity contribution < 1.29 is 14.0 Å². The van der Waals surface area contributed by atoms with Crippen molar-refractivity contribution in [2.45, 2.75) is 0 Å². The molecule has 1 amide bonds. The van der Waals surface area contributed by atoms with Crippen LogP contribution < -0.4 is 5.32 Å². The molecule has 5 nitrogen and oxygen atoms in total. The molecule has 0 bridgehead atoms. The summed E-state index contributed by atoms with van der Waals surface area (Å²) in [5, 5.41) is 2.68. The van der Waals surface area contributed by atoms with Crippen molar-refractivity contribution in [1.82, 2.24) is 9.97 Å². The molecule has 0 saturated carbocycles. The van der Waals surface area contributed by atoms with E-state index in [9.17, 15) is 14.0 Å². The second-order valence-corrected chi connectivity index (χ2v) is 6.13. The lowest BCUT2D eigenvalue weighted by Gasteiger charge is -2.08. The SMILES string of the molecule is O=C(Nc1cccc(C(=O)c2ccc3nccnc3c2)c1)c1cccc(F)c1. The van der Waals surface area contributed by atoms with Crippen LogP contribution in [-0.4, -0.2) is 21.7 Å². The van der Waals surface area contributed by atoms with Gasteiger partial charge in [-0.15, -0.1) is 0 Å². The smallest absolute Gasteiger partial charge is 0.255 e. The summed E-state index contributed by atoms with van der Waals surface area (Å²) in [6.45, 7) is 0. The van der Waals surface area contributed by atoms with Crippen LogP contribution in [0.3, 0.4) is 0 Å². The van der Waals surface area contributed by atoms with Gasteiger partial charge in [0.1, 0.15) is 5.82 Å². The summed E-state index contributed by atoms with van der Waals surface area (Å²) < 4.78 is 13.3. The van der Waals surface area contributed by atoms with Gasteiger partial charge in [0.15, 0.2) is 5.78 Å². The molecule has 28 heavy (non-hydrogen) atoms. The van der Waals surface area contributed by atoms with E-state index >= 15 is 0 Å². The molecule has 136 valence electrons. The molecule has 0 atom stereocenters. The number of amides is 1. The van der Waals surface area contributed by atoms with Crippen molar-refractivity contribution >= 4 is 28.4 Å². The zero-order valence-corrected chi connectivity index (χ0v) is 14.6. The maximum absolute atomic E-state index is 13.3. The van der Waals surface area contributed by atoms with Crippen LogP contribution >= 0.6 is 0 Å². The molecule has 1 aromatic heterocycles. The third kappa shape index (κ3) is 3.61. The number of carbonyl (C=O) groups is 2. The summed E-state index contributed by atoms with van der Waals surface area (Å²) in [6.07, 6.45) is 3.16. The summed E-state index contributed by atoms with van der Waals surface area (Å²) in [5.74, 6) is -1.14. The van der Waals surface area contributed by atoms with Gasteiger partial charge in [0.25, 0.3) is 5.91 Å². The standard InChI is InChI=1S/C22H14FN3O2/c23-17-5-1-4-16(11-17)22(28)26-18-6-2-3-14(12-18)21(27)15-7-8-19-20(13-15)25-10-9-24-19/h1-13H,(H,26,28). The quantitative estimate of drug-likeness (QED) is 0.544. The highest BCUT2D eigenvalue weighted by atomic mass is 19.1. The molecule has 0 unspecified atom stereocenters. The van der Waals surface area contributed by atoms with Gasteiger partial charge >= 0.3 is 0 Å². The van der Waals surface area contributed by atoms with Gasteiger partial charge < -0.3 is 5.32 Å². The average Bonchev–Trinajstić information content (AvgIpc) is 2.73. The highest BCUT2D eigenvalue weighted by molar-refractivity contribution is 6.11.